The molecular weight excluding hydrogens is 264 g/mol. The van der Waals surface area contributed by atoms with Gasteiger partial charge in [0.1, 0.15) is 0 Å². The van der Waals surface area contributed by atoms with Crippen LogP contribution in [0.3, 0.4) is 0 Å². The first kappa shape index (κ1) is 16.0. The number of piperidine rings is 1. The summed E-state index contributed by atoms with van der Waals surface area (Å²) in [6.07, 6.45) is 1.72. The number of hydrogen-bond acceptors (Lipinski definition) is 3. The van der Waals surface area contributed by atoms with Gasteiger partial charge in [-0.15, -0.1) is 0 Å². The van der Waals surface area contributed by atoms with Crippen molar-refractivity contribution >= 4 is 5.91 Å². The van der Waals surface area contributed by atoms with Gasteiger partial charge >= 0.3 is 0 Å². The van der Waals surface area contributed by atoms with E-state index in [1.54, 1.807) is 0 Å². The lowest BCUT2D eigenvalue weighted by Crippen LogP contribution is -2.42. The molecule has 0 spiro atoms. The molecule has 1 aromatic carbocycles. The van der Waals surface area contributed by atoms with E-state index in [9.17, 15) is 9.90 Å². The second-order valence-electron chi connectivity index (χ2n) is 6.06. The van der Waals surface area contributed by atoms with Crippen molar-refractivity contribution in [1.82, 2.24) is 10.2 Å². The van der Waals surface area contributed by atoms with E-state index in [0.29, 0.717) is 19.0 Å². The minimum absolute atomic E-state index is 0.0775. The molecule has 2 rings (SSSR count). The zero-order valence-corrected chi connectivity index (χ0v) is 13.0. The Kier molecular flexibility index (Phi) is 5.76. The van der Waals surface area contributed by atoms with E-state index in [-0.39, 0.29) is 12.0 Å². The van der Waals surface area contributed by atoms with Crippen LogP contribution in [0.25, 0.3) is 0 Å². The van der Waals surface area contributed by atoms with Crippen LogP contribution in [0.5, 0.6) is 0 Å². The standard InChI is InChI=1S/C17H26N2O2/c1-13-5-3-4-6-16(13)11-18-17(21)12-19-9-7-15(8-10-19)14(2)20/h3-6,14-15,20H,7-12H2,1-2H3,(H,18,21)/t14-/m0/s1. The molecule has 1 heterocycles. The van der Waals surface area contributed by atoms with Crippen LogP contribution in [0.4, 0.5) is 0 Å². The predicted molar refractivity (Wildman–Crippen MR) is 83.9 cm³/mol. The summed E-state index contributed by atoms with van der Waals surface area (Å²) in [7, 11) is 0. The van der Waals surface area contributed by atoms with Gasteiger partial charge in [-0.1, -0.05) is 24.3 Å². The van der Waals surface area contributed by atoms with Gasteiger partial charge in [0.25, 0.3) is 0 Å². The number of hydrogen-bond donors (Lipinski definition) is 2. The van der Waals surface area contributed by atoms with Gasteiger partial charge in [-0.25, -0.2) is 0 Å². The Balaban J connectivity index is 1.72. The van der Waals surface area contributed by atoms with Gasteiger partial charge in [-0.2, -0.15) is 0 Å². The summed E-state index contributed by atoms with van der Waals surface area (Å²) in [5.41, 5.74) is 2.37. The fraction of sp³-hybridized carbons (Fsp3) is 0.588. The zero-order chi connectivity index (χ0) is 15.2. The molecule has 1 amide bonds. The van der Waals surface area contributed by atoms with Crippen molar-refractivity contribution in [3.63, 3.8) is 0 Å². The molecular formula is C17H26N2O2. The maximum absolute atomic E-state index is 12.0. The van der Waals surface area contributed by atoms with Gasteiger partial charge in [0.15, 0.2) is 0 Å². The largest absolute Gasteiger partial charge is 0.393 e. The van der Waals surface area contributed by atoms with E-state index in [1.165, 1.54) is 11.1 Å². The molecule has 0 unspecified atom stereocenters. The van der Waals surface area contributed by atoms with Crippen LogP contribution < -0.4 is 5.32 Å². The molecule has 0 aromatic heterocycles. The highest BCUT2D eigenvalue weighted by Crippen LogP contribution is 2.20. The second-order valence-corrected chi connectivity index (χ2v) is 6.06. The Morgan fingerprint density at radius 3 is 2.67 bits per heavy atom. The molecule has 0 aliphatic carbocycles. The van der Waals surface area contributed by atoms with Crippen LogP contribution in [0.15, 0.2) is 24.3 Å². The average Bonchev–Trinajstić information content (AvgIpc) is 2.47. The first-order valence-corrected chi connectivity index (χ1v) is 7.78. The smallest absolute Gasteiger partial charge is 0.234 e. The first-order valence-electron chi connectivity index (χ1n) is 7.78. The van der Waals surface area contributed by atoms with Gasteiger partial charge in [-0.05, 0) is 56.8 Å². The van der Waals surface area contributed by atoms with Crippen LogP contribution in [0.1, 0.15) is 30.9 Å². The molecule has 0 saturated carbocycles. The van der Waals surface area contributed by atoms with Crippen LogP contribution in [0, 0.1) is 12.8 Å². The number of carbonyl (C=O) groups is 1. The van der Waals surface area contributed by atoms with Gasteiger partial charge in [0.2, 0.25) is 5.91 Å². The number of amides is 1. The minimum atomic E-state index is -0.234. The fourth-order valence-corrected chi connectivity index (χ4v) is 2.85. The summed E-state index contributed by atoms with van der Waals surface area (Å²) in [5.74, 6) is 0.463. The highest BCUT2D eigenvalue weighted by molar-refractivity contribution is 5.78. The Labute approximate surface area is 127 Å². The lowest BCUT2D eigenvalue weighted by atomic mass is 9.92. The molecule has 1 saturated heterocycles. The van der Waals surface area contributed by atoms with Crippen LogP contribution in [-0.4, -0.2) is 41.7 Å². The lowest BCUT2D eigenvalue weighted by Gasteiger charge is -2.32. The number of aliphatic hydroxyl groups is 1. The number of benzene rings is 1. The quantitative estimate of drug-likeness (QED) is 0.868. The molecule has 1 aromatic rings. The summed E-state index contributed by atoms with van der Waals surface area (Å²) >= 11 is 0. The van der Waals surface area contributed by atoms with Gasteiger partial charge in [0, 0.05) is 6.54 Å². The Morgan fingerprint density at radius 2 is 2.05 bits per heavy atom. The third-order valence-corrected chi connectivity index (χ3v) is 4.42. The third-order valence-electron chi connectivity index (χ3n) is 4.42. The molecule has 116 valence electrons. The lowest BCUT2D eigenvalue weighted by molar-refractivity contribution is -0.122. The van der Waals surface area contributed by atoms with Crippen molar-refractivity contribution in [3.8, 4) is 0 Å². The van der Waals surface area contributed by atoms with E-state index < -0.39 is 0 Å². The van der Waals surface area contributed by atoms with E-state index >= 15 is 0 Å². The second kappa shape index (κ2) is 7.57. The number of aryl methyl sites for hydroxylation is 1. The number of nitrogens with zero attached hydrogens (tertiary/aromatic N) is 1. The molecule has 21 heavy (non-hydrogen) atoms. The van der Waals surface area contributed by atoms with Crippen LogP contribution in [0.2, 0.25) is 0 Å². The maximum atomic E-state index is 12.0. The summed E-state index contributed by atoms with van der Waals surface area (Å²) in [4.78, 5) is 14.2. The van der Waals surface area contributed by atoms with E-state index in [1.807, 2.05) is 25.1 Å². The first-order chi connectivity index (χ1) is 10.1. The van der Waals surface area contributed by atoms with E-state index in [2.05, 4.69) is 23.2 Å². The van der Waals surface area contributed by atoms with Crippen molar-refractivity contribution in [2.75, 3.05) is 19.6 Å². The Bertz CT molecular complexity index is 466. The van der Waals surface area contributed by atoms with Gasteiger partial charge in [0.05, 0.1) is 12.6 Å². The molecule has 0 radical (unpaired) electrons. The Morgan fingerprint density at radius 1 is 1.38 bits per heavy atom. The molecule has 4 nitrogen and oxygen atoms in total. The molecule has 2 N–H and O–H groups in total. The van der Waals surface area contributed by atoms with Crippen LogP contribution >= 0.6 is 0 Å². The van der Waals surface area contributed by atoms with Crippen molar-refractivity contribution in [3.05, 3.63) is 35.4 Å². The molecule has 1 fully saturated rings. The summed E-state index contributed by atoms with van der Waals surface area (Å²) < 4.78 is 0. The number of nitrogens with one attached hydrogen (secondary N) is 1. The van der Waals surface area contributed by atoms with Gasteiger partial charge in [-0.3, -0.25) is 9.69 Å². The fourth-order valence-electron chi connectivity index (χ4n) is 2.85. The normalized spacial score (nSPS) is 18.4. The summed E-state index contributed by atoms with van der Waals surface area (Å²) in [5, 5.41) is 12.6. The molecule has 1 atom stereocenters. The minimum Gasteiger partial charge on any atom is -0.393 e. The van der Waals surface area contributed by atoms with E-state index in [0.717, 1.165) is 25.9 Å². The number of rotatable bonds is 5. The number of likely N-dealkylation sites (tertiary alicyclic amines) is 1. The van der Waals surface area contributed by atoms with Crippen molar-refractivity contribution in [1.29, 1.82) is 0 Å². The molecule has 0 bridgehead atoms. The number of aliphatic hydroxyl groups excluding tert-OH is 1. The summed E-state index contributed by atoms with van der Waals surface area (Å²) in [6.45, 7) is 6.76. The molecule has 1 aliphatic heterocycles. The predicted octanol–water partition coefficient (Wildman–Crippen LogP) is 1.70. The van der Waals surface area contributed by atoms with Gasteiger partial charge < -0.3 is 10.4 Å². The monoisotopic (exact) mass is 290 g/mol. The van der Waals surface area contributed by atoms with Crippen molar-refractivity contribution < 1.29 is 9.90 Å². The third kappa shape index (κ3) is 4.83. The molecule has 4 heteroatoms. The Hall–Kier alpha value is -1.39. The topological polar surface area (TPSA) is 52.6 Å². The maximum Gasteiger partial charge on any atom is 0.234 e. The van der Waals surface area contributed by atoms with Crippen molar-refractivity contribution in [2.45, 2.75) is 39.3 Å². The van der Waals surface area contributed by atoms with Crippen LogP contribution in [-0.2, 0) is 11.3 Å². The highest BCUT2D eigenvalue weighted by atomic mass is 16.3. The summed E-state index contributed by atoms with van der Waals surface area (Å²) in [6, 6.07) is 8.11. The number of carbonyl (C=O) groups excluding carboxylic acids is 1. The average molecular weight is 290 g/mol. The molecule has 1 aliphatic rings. The SMILES string of the molecule is Cc1ccccc1CNC(=O)CN1CCC([C@H](C)O)CC1. The van der Waals surface area contributed by atoms with Crippen molar-refractivity contribution in [2.24, 2.45) is 5.92 Å². The zero-order valence-electron chi connectivity index (χ0n) is 13.0. The van der Waals surface area contributed by atoms with E-state index in [4.69, 9.17) is 0 Å². The highest BCUT2D eigenvalue weighted by Gasteiger charge is 2.23.